The maximum atomic E-state index is 12.5. The van der Waals surface area contributed by atoms with Gasteiger partial charge in [0.1, 0.15) is 0 Å². The van der Waals surface area contributed by atoms with Crippen LogP contribution in [0, 0.1) is 27.7 Å². The Labute approximate surface area is 137 Å². The molecule has 0 aliphatic carbocycles. The number of benzene rings is 2. The van der Waals surface area contributed by atoms with Gasteiger partial charge in [0.15, 0.2) is 6.61 Å². The predicted molar refractivity (Wildman–Crippen MR) is 90.8 cm³/mol. The molecule has 0 fully saturated rings. The summed E-state index contributed by atoms with van der Waals surface area (Å²) in [6, 6.07) is 11.4. The number of aryl methyl sites for hydroxylation is 2. The van der Waals surface area contributed by atoms with Gasteiger partial charge in [-0.25, -0.2) is 0 Å². The Morgan fingerprint density at radius 3 is 2.04 bits per heavy atom. The van der Waals surface area contributed by atoms with Gasteiger partial charge in [-0.3, -0.25) is 9.59 Å². The number of hydrogen-bond donors (Lipinski definition) is 0. The van der Waals surface area contributed by atoms with Gasteiger partial charge < -0.3 is 4.74 Å². The van der Waals surface area contributed by atoms with Crippen LogP contribution in [0.1, 0.15) is 38.2 Å². The van der Waals surface area contributed by atoms with Gasteiger partial charge in [0.2, 0.25) is 5.78 Å². The van der Waals surface area contributed by atoms with Crippen molar-refractivity contribution < 1.29 is 14.3 Å². The SMILES string of the molecule is Cc1cc(C)c(C)c(C(=O)COC(=O)Cc2ccccc2)c1C. The second kappa shape index (κ2) is 7.23. The van der Waals surface area contributed by atoms with Crippen molar-refractivity contribution in [2.24, 2.45) is 0 Å². The maximum Gasteiger partial charge on any atom is 0.310 e. The molecule has 0 spiro atoms. The molecule has 0 N–H and O–H groups in total. The molecule has 0 atom stereocenters. The highest BCUT2D eigenvalue weighted by Crippen LogP contribution is 2.22. The van der Waals surface area contributed by atoms with E-state index in [1.165, 1.54) is 0 Å². The van der Waals surface area contributed by atoms with Gasteiger partial charge >= 0.3 is 5.97 Å². The maximum absolute atomic E-state index is 12.5. The zero-order chi connectivity index (χ0) is 17.0. The molecule has 0 aliphatic heterocycles. The topological polar surface area (TPSA) is 43.4 Å². The molecule has 0 radical (unpaired) electrons. The highest BCUT2D eigenvalue weighted by Gasteiger charge is 2.17. The highest BCUT2D eigenvalue weighted by molar-refractivity contribution is 6.01. The van der Waals surface area contributed by atoms with Gasteiger partial charge in [-0.1, -0.05) is 36.4 Å². The predicted octanol–water partition coefficient (Wildman–Crippen LogP) is 3.89. The first kappa shape index (κ1) is 16.9. The number of carbonyl (C=O) groups is 2. The number of ketones is 1. The number of rotatable bonds is 5. The van der Waals surface area contributed by atoms with Gasteiger partial charge in [-0.15, -0.1) is 0 Å². The molecule has 0 unspecified atom stereocenters. The second-order valence-electron chi connectivity index (χ2n) is 5.88. The van der Waals surface area contributed by atoms with E-state index >= 15 is 0 Å². The van der Waals surface area contributed by atoms with Crippen LogP contribution < -0.4 is 0 Å². The summed E-state index contributed by atoms with van der Waals surface area (Å²) in [6.45, 7) is 7.62. The third-order valence-corrected chi connectivity index (χ3v) is 4.20. The third kappa shape index (κ3) is 4.07. The van der Waals surface area contributed by atoms with E-state index in [9.17, 15) is 9.59 Å². The first-order valence-electron chi connectivity index (χ1n) is 7.70. The lowest BCUT2D eigenvalue weighted by atomic mass is 9.92. The van der Waals surface area contributed by atoms with Gasteiger partial charge in [0.05, 0.1) is 6.42 Å². The number of Topliss-reactive ketones (excluding diaryl/α,β-unsaturated/α-hetero) is 1. The van der Waals surface area contributed by atoms with Crippen LogP contribution in [0.4, 0.5) is 0 Å². The lowest BCUT2D eigenvalue weighted by molar-refractivity contribution is -0.141. The van der Waals surface area contributed by atoms with Crippen molar-refractivity contribution in [3.05, 3.63) is 69.8 Å². The average molecular weight is 310 g/mol. The van der Waals surface area contributed by atoms with Crippen molar-refractivity contribution in [2.45, 2.75) is 34.1 Å². The Bertz CT molecular complexity index is 704. The third-order valence-electron chi connectivity index (χ3n) is 4.20. The minimum atomic E-state index is -0.385. The van der Waals surface area contributed by atoms with Gasteiger partial charge in [0, 0.05) is 5.56 Å². The zero-order valence-corrected chi connectivity index (χ0v) is 14.1. The van der Waals surface area contributed by atoms with Crippen molar-refractivity contribution in [1.82, 2.24) is 0 Å². The molecule has 3 heteroatoms. The quantitative estimate of drug-likeness (QED) is 0.621. The molecule has 2 aromatic carbocycles. The number of ether oxygens (including phenoxy) is 1. The Balaban J connectivity index is 2.04. The van der Waals surface area contributed by atoms with Gasteiger partial charge in [-0.05, 0) is 55.5 Å². The zero-order valence-electron chi connectivity index (χ0n) is 14.1. The number of esters is 1. The van der Waals surface area contributed by atoms with Gasteiger partial charge in [0.25, 0.3) is 0 Å². The lowest BCUT2D eigenvalue weighted by Gasteiger charge is -2.14. The molecule has 0 saturated heterocycles. The summed E-state index contributed by atoms with van der Waals surface area (Å²) in [5, 5.41) is 0. The fourth-order valence-electron chi connectivity index (χ4n) is 2.67. The van der Waals surface area contributed by atoms with E-state index in [0.29, 0.717) is 5.56 Å². The summed E-state index contributed by atoms with van der Waals surface area (Å²) in [5.74, 6) is -0.530. The molecular weight excluding hydrogens is 288 g/mol. The minimum Gasteiger partial charge on any atom is -0.457 e. The first-order chi connectivity index (χ1) is 10.9. The lowest BCUT2D eigenvalue weighted by Crippen LogP contribution is -2.18. The van der Waals surface area contributed by atoms with Crippen LogP contribution in [0.3, 0.4) is 0 Å². The molecular formula is C20H22O3. The van der Waals surface area contributed by atoms with Crippen LogP contribution >= 0.6 is 0 Å². The summed E-state index contributed by atoms with van der Waals surface area (Å²) in [7, 11) is 0. The largest absolute Gasteiger partial charge is 0.457 e. The molecule has 3 nitrogen and oxygen atoms in total. The van der Waals surface area contributed by atoms with Crippen LogP contribution in [0.15, 0.2) is 36.4 Å². The van der Waals surface area contributed by atoms with Crippen LogP contribution in [-0.2, 0) is 16.0 Å². The van der Waals surface area contributed by atoms with Gasteiger partial charge in [-0.2, -0.15) is 0 Å². The number of carbonyl (C=O) groups excluding carboxylic acids is 2. The van der Waals surface area contributed by atoms with Crippen molar-refractivity contribution in [1.29, 1.82) is 0 Å². The van der Waals surface area contributed by atoms with Crippen LogP contribution in [-0.4, -0.2) is 18.4 Å². The molecule has 2 aromatic rings. The van der Waals surface area contributed by atoms with Crippen molar-refractivity contribution >= 4 is 11.8 Å². The van der Waals surface area contributed by atoms with Crippen molar-refractivity contribution in [3.63, 3.8) is 0 Å². The summed E-state index contributed by atoms with van der Waals surface area (Å²) < 4.78 is 5.16. The summed E-state index contributed by atoms with van der Waals surface area (Å²) in [6.07, 6.45) is 0.179. The van der Waals surface area contributed by atoms with Crippen molar-refractivity contribution in [3.8, 4) is 0 Å². The van der Waals surface area contributed by atoms with E-state index in [2.05, 4.69) is 6.07 Å². The molecule has 2 rings (SSSR count). The van der Waals surface area contributed by atoms with E-state index in [0.717, 1.165) is 27.8 Å². The van der Waals surface area contributed by atoms with Crippen LogP contribution in [0.5, 0.6) is 0 Å². The fraction of sp³-hybridized carbons (Fsp3) is 0.300. The smallest absolute Gasteiger partial charge is 0.310 e. The van der Waals surface area contributed by atoms with Crippen LogP contribution in [0.2, 0.25) is 0 Å². The normalized spacial score (nSPS) is 10.4. The summed E-state index contributed by atoms with van der Waals surface area (Å²) in [4.78, 5) is 24.3. The van der Waals surface area contributed by atoms with E-state index in [1.54, 1.807) is 0 Å². The monoisotopic (exact) mass is 310 g/mol. The number of hydrogen-bond acceptors (Lipinski definition) is 3. The Morgan fingerprint density at radius 2 is 1.48 bits per heavy atom. The molecule has 0 amide bonds. The molecule has 0 aliphatic rings. The fourth-order valence-corrected chi connectivity index (χ4v) is 2.67. The average Bonchev–Trinajstić information content (AvgIpc) is 2.52. The standard InChI is InChI=1S/C20H22O3/c1-13-10-14(2)16(4)20(15(13)3)18(21)12-23-19(22)11-17-8-6-5-7-9-17/h5-10H,11-12H2,1-4H3. The molecule has 120 valence electrons. The van der Waals surface area contributed by atoms with E-state index in [-0.39, 0.29) is 24.8 Å². The highest BCUT2D eigenvalue weighted by atomic mass is 16.5. The summed E-state index contributed by atoms with van der Waals surface area (Å²) in [5.41, 5.74) is 5.62. The van der Waals surface area contributed by atoms with Crippen LogP contribution in [0.25, 0.3) is 0 Å². The van der Waals surface area contributed by atoms with E-state index in [4.69, 9.17) is 4.74 Å². The summed E-state index contributed by atoms with van der Waals surface area (Å²) >= 11 is 0. The van der Waals surface area contributed by atoms with E-state index < -0.39 is 0 Å². The Morgan fingerprint density at radius 1 is 0.913 bits per heavy atom. The van der Waals surface area contributed by atoms with Crippen molar-refractivity contribution in [2.75, 3.05) is 6.61 Å². The first-order valence-corrected chi connectivity index (χ1v) is 7.70. The molecule has 0 saturated carbocycles. The molecule has 0 heterocycles. The Kier molecular flexibility index (Phi) is 5.32. The molecule has 0 aromatic heterocycles. The van der Waals surface area contributed by atoms with E-state index in [1.807, 2.05) is 58.0 Å². The Hall–Kier alpha value is -2.42. The minimum absolute atomic E-state index is 0.145. The molecule has 0 bridgehead atoms. The molecule has 23 heavy (non-hydrogen) atoms. The second-order valence-corrected chi connectivity index (χ2v) is 5.88.